The average molecular weight is 200 g/mol. The molecule has 0 aliphatic heterocycles. The van der Waals surface area contributed by atoms with Crippen LogP contribution in [0.1, 0.15) is 26.3 Å². The summed E-state index contributed by atoms with van der Waals surface area (Å²) in [6.07, 6.45) is 1.62. The van der Waals surface area contributed by atoms with E-state index in [1.54, 1.807) is 13.3 Å². The maximum Gasteiger partial charge on any atom is 0.137 e. The van der Waals surface area contributed by atoms with E-state index in [9.17, 15) is 0 Å². The Morgan fingerprint density at radius 2 is 2.00 bits per heavy atom. The number of methoxy groups -OCH3 is 1. The molecule has 0 atom stereocenters. The Morgan fingerprint density at radius 1 is 1.38 bits per heavy atom. The minimum absolute atomic E-state index is 0.00137. The monoisotopic (exact) mass is 199 g/mol. The second kappa shape index (κ2) is 3.54. The van der Waals surface area contributed by atoms with Crippen LogP contribution in [-0.2, 0) is 5.41 Å². The lowest BCUT2D eigenvalue weighted by atomic mass is 9.88. The van der Waals surface area contributed by atoms with Gasteiger partial charge in [-0.25, -0.2) is 4.98 Å². The van der Waals surface area contributed by atoms with Gasteiger partial charge in [0.15, 0.2) is 0 Å². The maximum absolute atomic E-state index is 5.97. The van der Waals surface area contributed by atoms with Crippen molar-refractivity contribution < 1.29 is 4.74 Å². The van der Waals surface area contributed by atoms with Crippen molar-refractivity contribution in [3.63, 3.8) is 0 Å². The summed E-state index contributed by atoms with van der Waals surface area (Å²) in [6, 6.07) is 1.93. The largest absolute Gasteiger partial charge is 0.495 e. The van der Waals surface area contributed by atoms with Crippen LogP contribution in [0.3, 0.4) is 0 Å². The lowest BCUT2D eigenvalue weighted by Crippen LogP contribution is -2.12. The Hall–Kier alpha value is -0.760. The highest BCUT2D eigenvalue weighted by Crippen LogP contribution is 2.30. The van der Waals surface area contributed by atoms with Crippen molar-refractivity contribution in [2.24, 2.45) is 0 Å². The maximum atomic E-state index is 5.97. The summed E-state index contributed by atoms with van der Waals surface area (Å²) in [7, 11) is 1.62. The van der Waals surface area contributed by atoms with Gasteiger partial charge in [-0.1, -0.05) is 32.4 Å². The number of aromatic nitrogens is 1. The molecular formula is C10H14ClNO. The van der Waals surface area contributed by atoms with Crippen molar-refractivity contribution in [3.8, 4) is 5.75 Å². The molecule has 3 heteroatoms. The number of ether oxygens (including phenoxy) is 1. The first-order valence-corrected chi connectivity index (χ1v) is 4.53. The van der Waals surface area contributed by atoms with E-state index in [2.05, 4.69) is 25.8 Å². The molecular weight excluding hydrogens is 186 g/mol. The molecule has 0 aliphatic carbocycles. The second-order valence-corrected chi connectivity index (χ2v) is 4.32. The molecule has 1 aromatic rings. The average Bonchev–Trinajstić information content (AvgIpc) is 2.03. The molecule has 1 aromatic heterocycles. The molecule has 1 rings (SSSR count). The van der Waals surface area contributed by atoms with Crippen molar-refractivity contribution in [1.82, 2.24) is 4.98 Å². The van der Waals surface area contributed by atoms with Crippen molar-refractivity contribution in [3.05, 3.63) is 23.0 Å². The second-order valence-electron chi connectivity index (χ2n) is 3.96. The van der Waals surface area contributed by atoms with Crippen molar-refractivity contribution in [1.29, 1.82) is 0 Å². The number of pyridine rings is 1. The van der Waals surface area contributed by atoms with Gasteiger partial charge < -0.3 is 4.74 Å². The van der Waals surface area contributed by atoms with Crippen LogP contribution in [0.2, 0.25) is 5.15 Å². The molecule has 13 heavy (non-hydrogen) atoms. The quantitative estimate of drug-likeness (QED) is 0.649. The summed E-state index contributed by atoms with van der Waals surface area (Å²) >= 11 is 5.97. The van der Waals surface area contributed by atoms with Crippen LogP contribution in [-0.4, -0.2) is 12.1 Å². The zero-order valence-electron chi connectivity index (χ0n) is 8.39. The predicted molar refractivity (Wildman–Crippen MR) is 54.5 cm³/mol. The Bertz CT molecular complexity index is 304. The fourth-order valence-corrected chi connectivity index (χ4v) is 1.45. The molecule has 2 nitrogen and oxygen atoms in total. The smallest absolute Gasteiger partial charge is 0.137 e. The highest BCUT2D eigenvalue weighted by molar-refractivity contribution is 6.30. The summed E-state index contributed by atoms with van der Waals surface area (Å²) in [5, 5.41) is 0.549. The summed E-state index contributed by atoms with van der Waals surface area (Å²) in [5.74, 6) is 0.745. The summed E-state index contributed by atoms with van der Waals surface area (Å²) in [6.45, 7) is 6.28. The van der Waals surface area contributed by atoms with Gasteiger partial charge in [-0.3, -0.25) is 0 Å². The van der Waals surface area contributed by atoms with Crippen LogP contribution < -0.4 is 4.74 Å². The molecule has 0 aromatic carbocycles. The summed E-state index contributed by atoms with van der Waals surface area (Å²) in [5.41, 5.74) is 1.01. The van der Waals surface area contributed by atoms with Crippen LogP contribution in [0, 0.1) is 0 Å². The van der Waals surface area contributed by atoms with Gasteiger partial charge in [0.25, 0.3) is 0 Å². The topological polar surface area (TPSA) is 22.1 Å². The van der Waals surface area contributed by atoms with Gasteiger partial charge in [-0.15, -0.1) is 0 Å². The van der Waals surface area contributed by atoms with Crippen LogP contribution in [0.25, 0.3) is 0 Å². The van der Waals surface area contributed by atoms with Gasteiger partial charge in [0.05, 0.1) is 13.3 Å². The molecule has 0 N–H and O–H groups in total. The van der Waals surface area contributed by atoms with Crippen LogP contribution in [0.5, 0.6) is 5.75 Å². The summed E-state index contributed by atoms with van der Waals surface area (Å²) < 4.78 is 5.08. The first-order chi connectivity index (χ1) is 5.95. The molecule has 0 aliphatic rings. The molecule has 0 unspecified atom stereocenters. The van der Waals surface area contributed by atoms with Crippen LogP contribution in [0.4, 0.5) is 0 Å². The SMILES string of the molecule is COc1cnc(Cl)c(C(C)(C)C)c1. The van der Waals surface area contributed by atoms with E-state index in [0.717, 1.165) is 11.3 Å². The number of hydrogen-bond donors (Lipinski definition) is 0. The standard InChI is InChI=1S/C10H14ClNO/c1-10(2,3)8-5-7(13-4)6-12-9(8)11/h5-6H,1-4H3. The Labute approximate surface area is 83.9 Å². The molecule has 72 valence electrons. The molecule has 0 amide bonds. The first kappa shape index (κ1) is 10.3. The van der Waals surface area contributed by atoms with Gasteiger partial charge in [0, 0.05) is 0 Å². The third kappa shape index (κ3) is 2.34. The number of hydrogen-bond acceptors (Lipinski definition) is 2. The van der Waals surface area contributed by atoms with Gasteiger partial charge in [0.1, 0.15) is 10.9 Å². The Morgan fingerprint density at radius 3 is 2.46 bits per heavy atom. The number of halogens is 1. The van der Waals surface area contributed by atoms with E-state index in [1.165, 1.54) is 0 Å². The van der Waals surface area contributed by atoms with Crippen LogP contribution in [0.15, 0.2) is 12.3 Å². The molecule has 0 saturated heterocycles. The highest BCUT2D eigenvalue weighted by Gasteiger charge is 2.18. The lowest BCUT2D eigenvalue weighted by Gasteiger charge is -2.20. The minimum Gasteiger partial charge on any atom is -0.495 e. The third-order valence-corrected chi connectivity index (χ3v) is 2.16. The van der Waals surface area contributed by atoms with Gasteiger partial charge in [-0.2, -0.15) is 0 Å². The fraction of sp³-hybridized carbons (Fsp3) is 0.500. The predicted octanol–water partition coefficient (Wildman–Crippen LogP) is 3.04. The third-order valence-electron chi connectivity index (χ3n) is 1.86. The molecule has 0 spiro atoms. The molecule has 0 saturated carbocycles. The normalized spacial score (nSPS) is 11.5. The van der Waals surface area contributed by atoms with Crippen LogP contribution >= 0.6 is 11.6 Å². The van der Waals surface area contributed by atoms with E-state index >= 15 is 0 Å². The van der Waals surface area contributed by atoms with Crippen molar-refractivity contribution in [2.45, 2.75) is 26.2 Å². The van der Waals surface area contributed by atoms with Crippen molar-refractivity contribution in [2.75, 3.05) is 7.11 Å². The van der Waals surface area contributed by atoms with E-state index < -0.39 is 0 Å². The molecule has 0 radical (unpaired) electrons. The van der Waals surface area contributed by atoms with E-state index in [4.69, 9.17) is 16.3 Å². The Kier molecular flexibility index (Phi) is 2.81. The molecule has 0 fully saturated rings. The lowest BCUT2D eigenvalue weighted by molar-refractivity contribution is 0.410. The molecule has 1 heterocycles. The van der Waals surface area contributed by atoms with Gasteiger partial charge >= 0.3 is 0 Å². The van der Waals surface area contributed by atoms with Gasteiger partial charge in [-0.05, 0) is 17.0 Å². The number of nitrogens with zero attached hydrogens (tertiary/aromatic N) is 1. The fourth-order valence-electron chi connectivity index (χ4n) is 1.07. The van der Waals surface area contributed by atoms with E-state index in [-0.39, 0.29) is 5.41 Å². The summed E-state index contributed by atoms with van der Waals surface area (Å²) in [4.78, 5) is 4.06. The van der Waals surface area contributed by atoms with E-state index in [1.807, 2.05) is 6.07 Å². The molecule has 0 bridgehead atoms. The van der Waals surface area contributed by atoms with E-state index in [0.29, 0.717) is 5.15 Å². The zero-order chi connectivity index (χ0) is 10.1. The van der Waals surface area contributed by atoms with Gasteiger partial charge in [0.2, 0.25) is 0 Å². The highest BCUT2D eigenvalue weighted by atomic mass is 35.5. The first-order valence-electron chi connectivity index (χ1n) is 4.15. The Balaban J connectivity index is 3.19. The zero-order valence-corrected chi connectivity index (χ0v) is 9.14. The minimum atomic E-state index is -0.00137. The number of rotatable bonds is 1. The van der Waals surface area contributed by atoms with Crippen molar-refractivity contribution >= 4 is 11.6 Å².